The van der Waals surface area contributed by atoms with E-state index in [0.29, 0.717) is 5.56 Å². The quantitative estimate of drug-likeness (QED) is 0.727. The molecular weight excluding hydrogens is 174 g/mol. The Morgan fingerprint density at radius 2 is 1.79 bits per heavy atom. The van der Waals surface area contributed by atoms with E-state index in [9.17, 15) is 4.79 Å². The van der Waals surface area contributed by atoms with Crippen molar-refractivity contribution in [2.24, 2.45) is 5.73 Å². The first-order valence-corrected chi connectivity index (χ1v) is 4.54. The Morgan fingerprint density at radius 1 is 1.07 bits per heavy atom. The first-order valence-electron chi connectivity index (χ1n) is 4.54. The van der Waals surface area contributed by atoms with Crippen LogP contribution >= 0.6 is 0 Å². The Morgan fingerprint density at radius 3 is 2.57 bits per heavy atom. The van der Waals surface area contributed by atoms with Gasteiger partial charge in [-0.3, -0.25) is 4.79 Å². The number of hydrogen-bond acceptors (Lipinski definition) is 2. The SMILES string of the molecule is NCC(=O)c1cccc2ccccc12. The topological polar surface area (TPSA) is 43.1 Å². The number of fused-ring (bicyclic) bond motifs is 1. The lowest BCUT2D eigenvalue weighted by Gasteiger charge is -2.03. The van der Waals surface area contributed by atoms with Crippen molar-refractivity contribution in [3.63, 3.8) is 0 Å². The van der Waals surface area contributed by atoms with Crippen molar-refractivity contribution in [2.75, 3.05) is 6.54 Å². The van der Waals surface area contributed by atoms with Crippen LogP contribution in [0, 0.1) is 0 Å². The van der Waals surface area contributed by atoms with Gasteiger partial charge in [-0.2, -0.15) is 0 Å². The molecule has 0 aliphatic rings. The van der Waals surface area contributed by atoms with Crippen LogP contribution in [0.3, 0.4) is 0 Å². The van der Waals surface area contributed by atoms with Crippen molar-refractivity contribution in [1.82, 2.24) is 0 Å². The van der Waals surface area contributed by atoms with E-state index in [2.05, 4.69) is 0 Å². The third kappa shape index (κ3) is 1.40. The van der Waals surface area contributed by atoms with Crippen molar-refractivity contribution >= 4 is 16.6 Å². The molecule has 0 aliphatic carbocycles. The van der Waals surface area contributed by atoms with Crippen molar-refractivity contribution in [2.45, 2.75) is 0 Å². The molecule has 2 rings (SSSR count). The number of rotatable bonds is 2. The zero-order valence-electron chi connectivity index (χ0n) is 7.73. The van der Waals surface area contributed by atoms with Gasteiger partial charge in [-0.1, -0.05) is 42.5 Å². The molecule has 0 aromatic heterocycles. The summed E-state index contributed by atoms with van der Waals surface area (Å²) in [4.78, 5) is 11.5. The molecule has 0 atom stereocenters. The molecule has 0 amide bonds. The van der Waals surface area contributed by atoms with Gasteiger partial charge in [-0.05, 0) is 10.8 Å². The number of Topliss-reactive ketones (excluding diaryl/α,β-unsaturated/α-hetero) is 1. The van der Waals surface area contributed by atoms with Gasteiger partial charge in [0.25, 0.3) is 0 Å². The Kier molecular flexibility index (Phi) is 2.29. The summed E-state index contributed by atoms with van der Waals surface area (Å²) in [5, 5.41) is 2.05. The fourth-order valence-electron chi connectivity index (χ4n) is 1.58. The summed E-state index contributed by atoms with van der Waals surface area (Å²) in [6.45, 7) is 0.0635. The van der Waals surface area contributed by atoms with Crippen molar-refractivity contribution in [1.29, 1.82) is 0 Å². The molecule has 0 bridgehead atoms. The minimum absolute atomic E-state index is 0.0122. The molecule has 14 heavy (non-hydrogen) atoms. The maximum Gasteiger partial charge on any atom is 0.176 e. The lowest BCUT2D eigenvalue weighted by atomic mass is 10.0. The summed E-state index contributed by atoms with van der Waals surface area (Å²) in [6.07, 6.45) is 0. The molecule has 0 saturated carbocycles. The molecule has 0 fully saturated rings. The number of hydrogen-bond donors (Lipinski definition) is 1. The third-order valence-electron chi connectivity index (χ3n) is 2.28. The Balaban J connectivity index is 2.71. The fraction of sp³-hybridized carbons (Fsp3) is 0.0833. The number of ketones is 1. The van der Waals surface area contributed by atoms with E-state index < -0.39 is 0 Å². The molecule has 0 radical (unpaired) electrons. The predicted octanol–water partition coefficient (Wildman–Crippen LogP) is 1.98. The molecule has 0 heterocycles. The molecule has 0 spiro atoms. The maximum atomic E-state index is 11.5. The number of nitrogens with two attached hydrogens (primary N) is 1. The Bertz CT molecular complexity index is 471. The standard InChI is InChI=1S/C12H11NO/c13-8-12(14)11-7-3-5-9-4-1-2-6-10(9)11/h1-7H,8,13H2. The summed E-state index contributed by atoms with van der Waals surface area (Å²) in [7, 11) is 0. The van der Waals surface area contributed by atoms with E-state index >= 15 is 0 Å². The van der Waals surface area contributed by atoms with Crippen LogP contribution in [0.25, 0.3) is 10.8 Å². The maximum absolute atomic E-state index is 11.5. The van der Waals surface area contributed by atoms with Crippen LogP contribution in [-0.4, -0.2) is 12.3 Å². The monoisotopic (exact) mass is 185 g/mol. The number of carbonyl (C=O) groups is 1. The summed E-state index contributed by atoms with van der Waals surface area (Å²) >= 11 is 0. The highest BCUT2D eigenvalue weighted by atomic mass is 16.1. The van der Waals surface area contributed by atoms with E-state index in [1.807, 2.05) is 42.5 Å². The first kappa shape index (κ1) is 8.91. The van der Waals surface area contributed by atoms with Gasteiger partial charge in [-0.15, -0.1) is 0 Å². The van der Waals surface area contributed by atoms with Crippen LogP contribution in [0.5, 0.6) is 0 Å². The average molecular weight is 185 g/mol. The molecule has 2 aromatic rings. The van der Waals surface area contributed by atoms with E-state index in [1.165, 1.54) is 0 Å². The van der Waals surface area contributed by atoms with E-state index in [-0.39, 0.29) is 12.3 Å². The highest BCUT2D eigenvalue weighted by Crippen LogP contribution is 2.18. The molecule has 2 aromatic carbocycles. The second-order valence-corrected chi connectivity index (χ2v) is 3.15. The first-order chi connectivity index (χ1) is 6.83. The van der Waals surface area contributed by atoms with Gasteiger partial charge in [0.05, 0.1) is 6.54 Å². The van der Waals surface area contributed by atoms with Crippen LogP contribution in [0.15, 0.2) is 42.5 Å². The lowest BCUT2D eigenvalue weighted by molar-refractivity contribution is 0.100. The minimum Gasteiger partial charge on any atom is -0.324 e. The van der Waals surface area contributed by atoms with Crippen LogP contribution in [0.4, 0.5) is 0 Å². The second kappa shape index (κ2) is 3.60. The van der Waals surface area contributed by atoms with E-state index in [4.69, 9.17) is 5.73 Å². The minimum atomic E-state index is -0.0122. The van der Waals surface area contributed by atoms with Crippen LogP contribution in [-0.2, 0) is 0 Å². The van der Waals surface area contributed by atoms with E-state index in [0.717, 1.165) is 10.8 Å². The molecule has 0 aliphatic heterocycles. The van der Waals surface area contributed by atoms with Crippen molar-refractivity contribution < 1.29 is 4.79 Å². The Labute approximate surface area is 82.3 Å². The molecular formula is C12H11NO. The lowest BCUT2D eigenvalue weighted by Crippen LogP contribution is -2.13. The zero-order chi connectivity index (χ0) is 9.97. The highest BCUT2D eigenvalue weighted by Gasteiger charge is 2.06. The van der Waals surface area contributed by atoms with Gasteiger partial charge in [-0.25, -0.2) is 0 Å². The normalized spacial score (nSPS) is 10.4. The number of carbonyl (C=O) groups excluding carboxylic acids is 1. The second-order valence-electron chi connectivity index (χ2n) is 3.15. The number of benzene rings is 2. The average Bonchev–Trinajstić information content (AvgIpc) is 2.27. The van der Waals surface area contributed by atoms with Gasteiger partial charge in [0.1, 0.15) is 0 Å². The van der Waals surface area contributed by atoms with Gasteiger partial charge in [0.2, 0.25) is 0 Å². The summed E-state index contributed by atoms with van der Waals surface area (Å²) in [5.74, 6) is -0.0122. The molecule has 70 valence electrons. The molecule has 0 unspecified atom stereocenters. The smallest absolute Gasteiger partial charge is 0.176 e. The largest absolute Gasteiger partial charge is 0.324 e. The van der Waals surface area contributed by atoms with Crippen molar-refractivity contribution in [3.05, 3.63) is 48.0 Å². The zero-order valence-corrected chi connectivity index (χ0v) is 7.73. The fourth-order valence-corrected chi connectivity index (χ4v) is 1.58. The summed E-state index contributed by atoms with van der Waals surface area (Å²) in [5.41, 5.74) is 6.06. The highest BCUT2D eigenvalue weighted by molar-refractivity contribution is 6.08. The molecule has 2 nitrogen and oxygen atoms in total. The molecule has 2 heteroatoms. The summed E-state index contributed by atoms with van der Waals surface area (Å²) in [6, 6.07) is 13.5. The molecule has 0 saturated heterocycles. The van der Waals surface area contributed by atoms with Gasteiger partial charge < -0.3 is 5.73 Å². The summed E-state index contributed by atoms with van der Waals surface area (Å²) < 4.78 is 0. The Hall–Kier alpha value is -1.67. The van der Waals surface area contributed by atoms with Crippen molar-refractivity contribution in [3.8, 4) is 0 Å². The van der Waals surface area contributed by atoms with Gasteiger partial charge >= 0.3 is 0 Å². The van der Waals surface area contributed by atoms with E-state index in [1.54, 1.807) is 0 Å². The van der Waals surface area contributed by atoms with Gasteiger partial charge in [0, 0.05) is 5.56 Å². The third-order valence-corrected chi connectivity index (χ3v) is 2.28. The van der Waals surface area contributed by atoms with Crippen LogP contribution in [0.2, 0.25) is 0 Å². The molecule has 2 N–H and O–H groups in total. The van der Waals surface area contributed by atoms with Crippen LogP contribution in [0.1, 0.15) is 10.4 Å². The van der Waals surface area contributed by atoms with Crippen LogP contribution < -0.4 is 5.73 Å². The van der Waals surface area contributed by atoms with Gasteiger partial charge in [0.15, 0.2) is 5.78 Å². The predicted molar refractivity (Wildman–Crippen MR) is 57.3 cm³/mol.